The molecule has 29 heavy (non-hydrogen) atoms. The minimum absolute atomic E-state index is 0.0480. The van der Waals surface area contributed by atoms with Crippen molar-refractivity contribution in [3.63, 3.8) is 0 Å². The maximum absolute atomic E-state index is 13.0. The summed E-state index contributed by atoms with van der Waals surface area (Å²) in [7, 11) is -3.54. The van der Waals surface area contributed by atoms with Gasteiger partial charge < -0.3 is 10.2 Å². The summed E-state index contributed by atoms with van der Waals surface area (Å²) in [6.07, 6.45) is 4.13. The van der Waals surface area contributed by atoms with Crippen molar-refractivity contribution in [1.82, 2.24) is 14.6 Å². The van der Waals surface area contributed by atoms with E-state index in [0.717, 1.165) is 19.3 Å². The number of anilines is 1. The van der Waals surface area contributed by atoms with Crippen molar-refractivity contribution in [2.75, 3.05) is 37.6 Å². The van der Waals surface area contributed by atoms with Crippen LogP contribution in [0.15, 0.2) is 53.6 Å². The van der Waals surface area contributed by atoms with Crippen molar-refractivity contribution in [3.05, 3.63) is 54.2 Å². The van der Waals surface area contributed by atoms with Gasteiger partial charge in [-0.3, -0.25) is 4.79 Å². The molecule has 2 fully saturated rings. The van der Waals surface area contributed by atoms with Crippen LogP contribution in [0.2, 0.25) is 0 Å². The Labute approximate surface area is 171 Å². The summed E-state index contributed by atoms with van der Waals surface area (Å²) in [5.74, 6) is 1.09. The van der Waals surface area contributed by atoms with Crippen molar-refractivity contribution >= 4 is 21.7 Å². The molecule has 1 aromatic heterocycles. The predicted molar refractivity (Wildman–Crippen MR) is 111 cm³/mol. The highest BCUT2D eigenvalue weighted by atomic mass is 32.2. The predicted octanol–water partition coefficient (Wildman–Crippen LogP) is 1.66. The van der Waals surface area contributed by atoms with Gasteiger partial charge >= 0.3 is 0 Å². The van der Waals surface area contributed by atoms with E-state index >= 15 is 0 Å². The molecule has 1 aromatic carbocycles. The summed E-state index contributed by atoms with van der Waals surface area (Å²) in [5, 5.41) is 2.77. The van der Waals surface area contributed by atoms with Crippen molar-refractivity contribution in [2.45, 2.75) is 24.2 Å². The van der Waals surface area contributed by atoms with E-state index in [-0.39, 0.29) is 17.3 Å². The first-order valence-corrected chi connectivity index (χ1v) is 11.5. The number of nitrogens with one attached hydrogen (secondary N) is 1. The minimum Gasteiger partial charge on any atom is -0.353 e. The van der Waals surface area contributed by atoms with Crippen LogP contribution in [0.25, 0.3) is 0 Å². The van der Waals surface area contributed by atoms with Crippen LogP contribution in [-0.4, -0.2) is 56.3 Å². The Morgan fingerprint density at radius 2 is 1.79 bits per heavy atom. The van der Waals surface area contributed by atoms with E-state index in [1.807, 2.05) is 23.1 Å². The lowest BCUT2D eigenvalue weighted by atomic mass is 9.91. The van der Waals surface area contributed by atoms with E-state index < -0.39 is 10.0 Å². The fourth-order valence-corrected chi connectivity index (χ4v) is 5.41. The van der Waals surface area contributed by atoms with Gasteiger partial charge in [-0.1, -0.05) is 30.3 Å². The highest BCUT2D eigenvalue weighted by Gasteiger charge is 2.30. The smallest absolute Gasteiger partial charge is 0.244 e. The Balaban J connectivity index is 1.38. The highest BCUT2D eigenvalue weighted by molar-refractivity contribution is 7.89. The van der Waals surface area contributed by atoms with Gasteiger partial charge in [-0.2, -0.15) is 4.31 Å². The van der Waals surface area contributed by atoms with Crippen LogP contribution in [0.4, 0.5) is 5.82 Å². The van der Waals surface area contributed by atoms with E-state index in [1.54, 1.807) is 16.4 Å². The second-order valence-electron chi connectivity index (χ2n) is 7.66. The molecule has 2 aromatic rings. The molecule has 154 valence electrons. The zero-order valence-corrected chi connectivity index (χ0v) is 17.1. The number of rotatable bonds is 5. The first-order valence-electron chi connectivity index (χ1n) is 10.0. The molecule has 0 saturated carbocycles. The van der Waals surface area contributed by atoms with Crippen LogP contribution in [0, 0.1) is 5.92 Å². The summed E-state index contributed by atoms with van der Waals surface area (Å²) in [5.41, 5.74) is 1.31. The number of benzene rings is 1. The van der Waals surface area contributed by atoms with Gasteiger partial charge in [0.05, 0.1) is 6.54 Å². The number of amides is 1. The molecule has 8 heteroatoms. The van der Waals surface area contributed by atoms with E-state index in [9.17, 15) is 13.2 Å². The van der Waals surface area contributed by atoms with Crippen LogP contribution < -0.4 is 10.2 Å². The average Bonchev–Trinajstić information content (AvgIpc) is 2.75. The molecule has 7 nitrogen and oxygen atoms in total. The third kappa shape index (κ3) is 4.59. The quantitative estimate of drug-likeness (QED) is 0.805. The normalized spacial score (nSPS) is 19.2. The van der Waals surface area contributed by atoms with E-state index in [4.69, 9.17) is 0 Å². The largest absolute Gasteiger partial charge is 0.353 e. The molecular weight excluding hydrogens is 388 g/mol. The van der Waals surface area contributed by atoms with Gasteiger partial charge in [0.1, 0.15) is 10.7 Å². The highest BCUT2D eigenvalue weighted by Crippen LogP contribution is 2.26. The monoisotopic (exact) mass is 414 g/mol. The third-order valence-corrected chi connectivity index (χ3v) is 7.54. The second-order valence-corrected chi connectivity index (χ2v) is 9.60. The molecular formula is C21H26N4O3S. The molecule has 0 spiro atoms. The van der Waals surface area contributed by atoms with Gasteiger partial charge in [0.25, 0.3) is 0 Å². The summed E-state index contributed by atoms with van der Waals surface area (Å²) < 4.78 is 27.6. The number of nitrogens with zero attached hydrogens (tertiary/aromatic N) is 3. The van der Waals surface area contributed by atoms with Crippen LogP contribution in [0.1, 0.15) is 18.4 Å². The van der Waals surface area contributed by atoms with Gasteiger partial charge in [-0.15, -0.1) is 0 Å². The Bertz CT molecular complexity index is 940. The standard InChI is InChI=1S/C21H26N4O3S/c26-21-16-24(13-10-22-21)20-7-6-19(15-23-20)29(27,28)25-11-8-18(9-12-25)14-17-4-2-1-3-5-17/h1-7,15,18H,8-14,16H2,(H,22,26). The maximum Gasteiger partial charge on any atom is 0.244 e. The molecule has 2 aliphatic heterocycles. The van der Waals surface area contributed by atoms with Gasteiger partial charge in [0.15, 0.2) is 0 Å². The van der Waals surface area contributed by atoms with Crippen molar-refractivity contribution < 1.29 is 13.2 Å². The van der Waals surface area contributed by atoms with Gasteiger partial charge in [-0.05, 0) is 42.9 Å². The molecule has 2 aliphatic rings. The molecule has 0 aliphatic carbocycles. The van der Waals surface area contributed by atoms with E-state index in [1.165, 1.54) is 11.8 Å². The number of carbonyl (C=O) groups excluding carboxylic acids is 1. The number of pyridine rings is 1. The van der Waals surface area contributed by atoms with Gasteiger partial charge in [-0.25, -0.2) is 13.4 Å². The van der Waals surface area contributed by atoms with Crippen molar-refractivity contribution in [2.24, 2.45) is 5.92 Å². The molecule has 1 amide bonds. The fraction of sp³-hybridized carbons (Fsp3) is 0.429. The number of hydrogen-bond acceptors (Lipinski definition) is 5. The molecule has 4 rings (SSSR count). The Morgan fingerprint density at radius 1 is 1.03 bits per heavy atom. The number of sulfonamides is 1. The number of aromatic nitrogens is 1. The average molecular weight is 415 g/mol. The lowest BCUT2D eigenvalue weighted by molar-refractivity contribution is -0.120. The van der Waals surface area contributed by atoms with Crippen molar-refractivity contribution in [1.29, 1.82) is 0 Å². The fourth-order valence-electron chi connectivity index (χ4n) is 4.00. The Hall–Kier alpha value is -2.45. The van der Waals surface area contributed by atoms with E-state index in [2.05, 4.69) is 22.4 Å². The lowest BCUT2D eigenvalue weighted by Gasteiger charge is -2.31. The van der Waals surface area contributed by atoms with Gasteiger partial charge in [0, 0.05) is 32.4 Å². The van der Waals surface area contributed by atoms with Gasteiger partial charge in [0.2, 0.25) is 15.9 Å². The van der Waals surface area contributed by atoms with Crippen LogP contribution >= 0.6 is 0 Å². The van der Waals surface area contributed by atoms with Crippen molar-refractivity contribution in [3.8, 4) is 0 Å². The maximum atomic E-state index is 13.0. The summed E-state index contributed by atoms with van der Waals surface area (Å²) in [4.78, 5) is 17.9. The molecule has 0 radical (unpaired) electrons. The zero-order valence-electron chi connectivity index (χ0n) is 16.3. The number of piperazine rings is 1. The Morgan fingerprint density at radius 3 is 2.45 bits per heavy atom. The molecule has 2 saturated heterocycles. The SMILES string of the molecule is O=C1CN(c2ccc(S(=O)(=O)N3CCC(Cc4ccccc4)CC3)cn2)CCN1. The first kappa shape index (κ1) is 19.8. The summed E-state index contributed by atoms with van der Waals surface area (Å²) >= 11 is 0. The second kappa shape index (κ2) is 8.51. The van der Waals surface area contributed by atoms with Crippen LogP contribution in [0.3, 0.4) is 0 Å². The molecule has 0 bridgehead atoms. The van der Waals surface area contributed by atoms with Crippen LogP contribution in [-0.2, 0) is 21.2 Å². The number of hydrogen-bond donors (Lipinski definition) is 1. The molecule has 0 unspecified atom stereocenters. The minimum atomic E-state index is -3.54. The number of piperidine rings is 1. The Kier molecular flexibility index (Phi) is 5.82. The molecule has 3 heterocycles. The van der Waals surface area contributed by atoms with E-state index in [0.29, 0.717) is 37.9 Å². The van der Waals surface area contributed by atoms with Crippen LogP contribution in [0.5, 0.6) is 0 Å². The third-order valence-electron chi connectivity index (χ3n) is 5.66. The summed E-state index contributed by atoms with van der Waals surface area (Å²) in [6.45, 7) is 2.55. The molecule has 1 N–H and O–H groups in total. The summed E-state index contributed by atoms with van der Waals surface area (Å²) in [6, 6.07) is 13.6. The first-order chi connectivity index (χ1) is 14.0. The topological polar surface area (TPSA) is 82.6 Å². The lowest BCUT2D eigenvalue weighted by Crippen LogP contribution is -2.48. The zero-order chi connectivity index (χ0) is 20.3. The molecule has 0 atom stereocenters. The number of carbonyl (C=O) groups is 1.